The topological polar surface area (TPSA) is 9.23 Å². The van der Waals surface area contributed by atoms with E-state index in [0.717, 1.165) is 23.7 Å². The van der Waals surface area contributed by atoms with E-state index in [0.29, 0.717) is 13.2 Å². The van der Waals surface area contributed by atoms with Crippen molar-refractivity contribution in [2.24, 2.45) is 17.8 Å². The Balaban J connectivity index is 1.43. The molecule has 0 aromatic heterocycles. The summed E-state index contributed by atoms with van der Waals surface area (Å²) in [5.74, 6) is 3.54. The second-order valence-corrected chi connectivity index (χ2v) is 8.35. The first-order valence-electron chi connectivity index (χ1n) is 10.7. The molecule has 2 saturated carbocycles. The second-order valence-electron chi connectivity index (χ2n) is 8.35. The summed E-state index contributed by atoms with van der Waals surface area (Å²) in [7, 11) is 0. The average Bonchev–Trinajstić information content (AvgIpc) is 2.72. The molecule has 1 heteroatoms. The molecule has 2 aliphatic rings. The van der Waals surface area contributed by atoms with Crippen LogP contribution < -0.4 is 0 Å². The van der Waals surface area contributed by atoms with Crippen LogP contribution in [-0.4, -0.2) is 6.61 Å². The smallest absolute Gasteiger partial charge is 0.0721 e. The Morgan fingerprint density at radius 1 is 0.923 bits per heavy atom. The number of hydrogen-bond donors (Lipinski definition) is 0. The van der Waals surface area contributed by atoms with Crippen molar-refractivity contribution in [3.8, 4) is 0 Å². The molecular weight excluding hydrogens is 316 g/mol. The summed E-state index contributed by atoms with van der Waals surface area (Å²) in [5.41, 5.74) is 2.82. The highest BCUT2D eigenvalue weighted by molar-refractivity contribution is 5.25. The molecule has 0 amide bonds. The van der Waals surface area contributed by atoms with E-state index < -0.39 is 0 Å². The van der Waals surface area contributed by atoms with E-state index in [4.69, 9.17) is 4.74 Å². The van der Waals surface area contributed by atoms with Gasteiger partial charge >= 0.3 is 0 Å². The molecule has 142 valence electrons. The summed E-state index contributed by atoms with van der Waals surface area (Å²) in [5, 5.41) is 0. The quantitative estimate of drug-likeness (QED) is 0.377. The molecule has 2 aliphatic carbocycles. The number of allylic oxidation sites excluding steroid dienone is 2. The fourth-order valence-corrected chi connectivity index (χ4v) is 5.00. The highest BCUT2D eigenvalue weighted by Gasteiger charge is 2.30. The number of hydrogen-bond acceptors (Lipinski definition) is 1. The summed E-state index contributed by atoms with van der Waals surface area (Å²) in [4.78, 5) is 0. The second kappa shape index (κ2) is 10.1. The molecule has 0 radical (unpaired) electrons. The van der Waals surface area contributed by atoms with Gasteiger partial charge in [0, 0.05) is 0 Å². The predicted molar refractivity (Wildman–Crippen MR) is 111 cm³/mol. The van der Waals surface area contributed by atoms with Gasteiger partial charge in [0.2, 0.25) is 0 Å². The molecule has 0 aliphatic heterocycles. The van der Waals surface area contributed by atoms with E-state index in [1.807, 2.05) is 13.0 Å². The van der Waals surface area contributed by atoms with Crippen molar-refractivity contribution < 1.29 is 4.74 Å². The van der Waals surface area contributed by atoms with Gasteiger partial charge in [-0.15, -0.1) is 6.58 Å². The average molecular weight is 353 g/mol. The summed E-state index contributed by atoms with van der Waals surface area (Å²) in [6, 6.07) is 9.20. The van der Waals surface area contributed by atoms with Crippen LogP contribution in [0.5, 0.6) is 0 Å². The van der Waals surface area contributed by atoms with E-state index in [1.54, 1.807) is 0 Å². The van der Waals surface area contributed by atoms with Crippen molar-refractivity contribution in [3.63, 3.8) is 0 Å². The largest absolute Gasteiger partial charge is 0.373 e. The van der Waals surface area contributed by atoms with Crippen LogP contribution >= 0.6 is 0 Å². The van der Waals surface area contributed by atoms with Gasteiger partial charge in [-0.05, 0) is 93.1 Å². The van der Waals surface area contributed by atoms with Crippen LogP contribution in [0.4, 0.5) is 0 Å². The molecule has 0 saturated heterocycles. The van der Waals surface area contributed by atoms with Crippen molar-refractivity contribution in [2.75, 3.05) is 6.61 Å². The van der Waals surface area contributed by atoms with E-state index >= 15 is 0 Å². The van der Waals surface area contributed by atoms with Gasteiger partial charge in [0.1, 0.15) is 0 Å². The van der Waals surface area contributed by atoms with Gasteiger partial charge in [-0.3, -0.25) is 0 Å². The molecule has 1 nitrogen and oxygen atoms in total. The molecule has 0 spiro atoms. The zero-order chi connectivity index (χ0) is 18.2. The maximum absolute atomic E-state index is 5.65. The molecule has 2 fully saturated rings. The van der Waals surface area contributed by atoms with Crippen molar-refractivity contribution in [3.05, 3.63) is 60.2 Å². The first-order chi connectivity index (χ1) is 12.8. The Labute approximate surface area is 160 Å². The van der Waals surface area contributed by atoms with E-state index in [1.165, 1.54) is 62.5 Å². The van der Waals surface area contributed by atoms with Crippen LogP contribution in [0.25, 0.3) is 0 Å². The lowest BCUT2D eigenvalue weighted by atomic mass is 9.68. The Hall–Kier alpha value is -1.34. The fourth-order valence-electron chi connectivity index (χ4n) is 5.00. The van der Waals surface area contributed by atoms with Gasteiger partial charge in [0.15, 0.2) is 0 Å². The minimum atomic E-state index is 0.705. The third-order valence-electron chi connectivity index (χ3n) is 6.76. The summed E-state index contributed by atoms with van der Waals surface area (Å²) in [6.45, 7) is 7.43. The number of benzene rings is 1. The van der Waals surface area contributed by atoms with Gasteiger partial charge in [-0.1, -0.05) is 42.5 Å². The predicted octanol–water partition coefficient (Wildman–Crippen LogP) is 7.05. The maximum Gasteiger partial charge on any atom is 0.0721 e. The van der Waals surface area contributed by atoms with Crippen LogP contribution in [0.1, 0.15) is 75.3 Å². The normalized spacial score (nSPS) is 29.7. The molecule has 1 aromatic carbocycles. The highest BCUT2D eigenvalue weighted by Crippen LogP contribution is 2.44. The first-order valence-corrected chi connectivity index (χ1v) is 10.7. The van der Waals surface area contributed by atoms with Crippen LogP contribution in [0.3, 0.4) is 0 Å². The Morgan fingerprint density at radius 2 is 1.54 bits per heavy atom. The SMILES string of the molecule is C=CC1CCC(C2CCC(c3ccc(COCC=CC)cc3)CC2)CC1. The third-order valence-corrected chi connectivity index (χ3v) is 6.76. The van der Waals surface area contributed by atoms with Gasteiger partial charge in [0.05, 0.1) is 13.2 Å². The molecular formula is C25H36O. The molecule has 0 atom stereocenters. The molecule has 0 N–H and O–H groups in total. The summed E-state index contributed by atoms with van der Waals surface area (Å²) in [6.07, 6.45) is 17.5. The van der Waals surface area contributed by atoms with Crippen LogP contribution in [0.15, 0.2) is 49.1 Å². The van der Waals surface area contributed by atoms with Crippen molar-refractivity contribution in [1.82, 2.24) is 0 Å². The van der Waals surface area contributed by atoms with Crippen molar-refractivity contribution in [2.45, 2.75) is 70.8 Å². The molecule has 3 rings (SSSR count). The lowest BCUT2D eigenvalue weighted by molar-refractivity contribution is 0.148. The summed E-state index contributed by atoms with van der Waals surface area (Å²) < 4.78 is 5.65. The fraction of sp³-hybridized carbons (Fsp3) is 0.600. The van der Waals surface area contributed by atoms with Crippen LogP contribution in [0.2, 0.25) is 0 Å². The zero-order valence-electron chi connectivity index (χ0n) is 16.5. The molecule has 0 heterocycles. The summed E-state index contributed by atoms with van der Waals surface area (Å²) >= 11 is 0. The Kier molecular flexibility index (Phi) is 7.55. The monoisotopic (exact) mass is 352 g/mol. The van der Waals surface area contributed by atoms with Gasteiger partial charge in [-0.25, -0.2) is 0 Å². The lowest BCUT2D eigenvalue weighted by Crippen LogP contribution is -2.25. The minimum absolute atomic E-state index is 0.705. The lowest BCUT2D eigenvalue weighted by Gasteiger charge is -2.37. The first kappa shape index (κ1) is 19.4. The van der Waals surface area contributed by atoms with Crippen molar-refractivity contribution in [1.29, 1.82) is 0 Å². The van der Waals surface area contributed by atoms with E-state index in [2.05, 4.69) is 43.0 Å². The van der Waals surface area contributed by atoms with Gasteiger partial charge in [-0.2, -0.15) is 0 Å². The third kappa shape index (κ3) is 5.33. The number of ether oxygens (including phenoxy) is 1. The molecule has 1 aromatic rings. The van der Waals surface area contributed by atoms with Crippen molar-refractivity contribution >= 4 is 0 Å². The Bertz CT molecular complexity index is 554. The maximum atomic E-state index is 5.65. The Morgan fingerprint density at radius 3 is 2.12 bits per heavy atom. The standard InChI is InChI=1S/C25H36O/c1-3-5-18-26-19-21-8-12-23(13-9-21)25-16-14-24(15-17-25)22-10-6-20(4-2)7-11-22/h3-5,8-9,12-13,20,22,24-25H,2,6-7,10-11,14-19H2,1H3. The number of rotatable bonds is 7. The highest BCUT2D eigenvalue weighted by atomic mass is 16.5. The van der Waals surface area contributed by atoms with Crippen LogP contribution in [0, 0.1) is 17.8 Å². The van der Waals surface area contributed by atoms with Gasteiger partial charge in [0.25, 0.3) is 0 Å². The molecule has 0 unspecified atom stereocenters. The van der Waals surface area contributed by atoms with Gasteiger partial charge < -0.3 is 4.74 Å². The van der Waals surface area contributed by atoms with E-state index in [-0.39, 0.29) is 0 Å². The molecule has 26 heavy (non-hydrogen) atoms. The molecule has 0 bridgehead atoms. The van der Waals surface area contributed by atoms with E-state index in [9.17, 15) is 0 Å². The zero-order valence-corrected chi connectivity index (χ0v) is 16.5. The minimum Gasteiger partial charge on any atom is -0.373 e. The van der Waals surface area contributed by atoms with Crippen LogP contribution in [-0.2, 0) is 11.3 Å².